The third-order valence-corrected chi connectivity index (χ3v) is 7.05. The Bertz CT molecular complexity index is 926. The summed E-state index contributed by atoms with van der Waals surface area (Å²) in [5.41, 5.74) is 1.43. The monoisotopic (exact) mass is 435 g/mol. The molecule has 1 aliphatic rings. The molecule has 0 saturated carbocycles. The first kappa shape index (κ1) is 21.7. The number of carbonyl (C=O) groups excluding carboxylic acids is 1. The molecule has 1 amide bonds. The fourth-order valence-corrected chi connectivity index (χ4v) is 5.23. The van der Waals surface area contributed by atoms with Crippen LogP contribution in [0.3, 0.4) is 0 Å². The van der Waals surface area contributed by atoms with Crippen molar-refractivity contribution < 1.29 is 17.9 Å². The van der Waals surface area contributed by atoms with E-state index in [1.54, 1.807) is 41.3 Å². The van der Waals surface area contributed by atoms with Gasteiger partial charge in [0.1, 0.15) is 5.75 Å². The number of sulfone groups is 1. The smallest absolute Gasteiger partial charge is 0.254 e. The molecule has 0 aromatic heterocycles. The number of halogens is 1. The molecule has 1 saturated heterocycles. The Labute approximate surface area is 177 Å². The average molecular weight is 436 g/mol. The number of hydrogen-bond donors (Lipinski definition) is 0. The van der Waals surface area contributed by atoms with Gasteiger partial charge in [0, 0.05) is 23.2 Å². The second-order valence-corrected chi connectivity index (χ2v) is 10.0. The zero-order valence-corrected chi connectivity index (χ0v) is 18.1. The fourth-order valence-electron chi connectivity index (χ4n) is 3.37. The minimum atomic E-state index is -3.11. The number of benzene rings is 2. The Kier molecular flexibility index (Phi) is 7.19. The van der Waals surface area contributed by atoms with E-state index in [1.165, 1.54) is 0 Å². The summed E-state index contributed by atoms with van der Waals surface area (Å²) >= 11 is 5.96. The van der Waals surface area contributed by atoms with Crippen LogP contribution in [0.1, 0.15) is 42.1 Å². The predicted octanol–water partition coefficient (Wildman–Crippen LogP) is 4.35. The highest BCUT2D eigenvalue weighted by Gasteiger charge is 2.35. The van der Waals surface area contributed by atoms with Crippen molar-refractivity contribution in [3.63, 3.8) is 0 Å². The lowest BCUT2D eigenvalue weighted by molar-refractivity contribution is 0.0681. The lowest BCUT2D eigenvalue weighted by atomic mass is 10.1. The van der Waals surface area contributed by atoms with E-state index < -0.39 is 9.84 Å². The highest BCUT2D eigenvalue weighted by Crippen LogP contribution is 2.24. The molecule has 0 radical (unpaired) electrons. The molecule has 1 atom stereocenters. The van der Waals surface area contributed by atoms with Gasteiger partial charge < -0.3 is 9.64 Å². The maximum absolute atomic E-state index is 13.3. The van der Waals surface area contributed by atoms with Gasteiger partial charge in [0.2, 0.25) is 0 Å². The topological polar surface area (TPSA) is 63.7 Å². The predicted molar refractivity (Wildman–Crippen MR) is 115 cm³/mol. The Balaban J connectivity index is 1.79. The second kappa shape index (κ2) is 9.63. The second-order valence-electron chi connectivity index (χ2n) is 7.34. The van der Waals surface area contributed by atoms with Gasteiger partial charge in [-0.2, -0.15) is 0 Å². The summed E-state index contributed by atoms with van der Waals surface area (Å²) in [7, 11) is -3.11. The van der Waals surface area contributed by atoms with Crippen LogP contribution in [0.25, 0.3) is 0 Å². The first-order valence-electron chi connectivity index (χ1n) is 9.86. The molecular weight excluding hydrogens is 410 g/mol. The van der Waals surface area contributed by atoms with Gasteiger partial charge in [-0.25, -0.2) is 8.42 Å². The van der Waals surface area contributed by atoms with Crippen LogP contribution in [0.4, 0.5) is 0 Å². The van der Waals surface area contributed by atoms with Crippen molar-refractivity contribution in [1.82, 2.24) is 4.90 Å². The number of carbonyl (C=O) groups is 1. The first-order chi connectivity index (χ1) is 13.9. The van der Waals surface area contributed by atoms with Crippen molar-refractivity contribution in [3.05, 3.63) is 64.7 Å². The number of rotatable bonds is 8. The minimum absolute atomic E-state index is 0.00451. The van der Waals surface area contributed by atoms with Crippen LogP contribution >= 0.6 is 11.6 Å². The van der Waals surface area contributed by atoms with Crippen LogP contribution in [0.5, 0.6) is 5.75 Å². The molecule has 5 nitrogen and oxygen atoms in total. The SMILES string of the molecule is CCCCOc1ccc(C(=O)N(Cc2ccc(Cl)cc2)[C@@H]2CCS(=O)(=O)C2)cc1. The standard InChI is InChI=1S/C22H26ClNO4S/c1-2-3-13-28-21-10-6-18(7-11-21)22(25)24(20-12-14-29(26,27)16-20)15-17-4-8-19(23)9-5-17/h4-11,20H,2-3,12-16H2,1H3/t20-/m1/s1. The molecule has 0 bridgehead atoms. The number of ether oxygens (including phenoxy) is 1. The fraction of sp³-hybridized carbons (Fsp3) is 0.409. The number of hydrogen-bond acceptors (Lipinski definition) is 4. The average Bonchev–Trinajstić information content (AvgIpc) is 3.07. The molecule has 3 rings (SSSR count). The quantitative estimate of drug-likeness (QED) is 0.578. The zero-order valence-electron chi connectivity index (χ0n) is 16.5. The van der Waals surface area contributed by atoms with E-state index in [2.05, 4.69) is 6.92 Å². The molecule has 0 aliphatic carbocycles. The summed E-state index contributed by atoms with van der Waals surface area (Å²) in [6.07, 6.45) is 2.49. The number of amides is 1. The van der Waals surface area contributed by atoms with E-state index in [9.17, 15) is 13.2 Å². The lowest BCUT2D eigenvalue weighted by Gasteiger charge is -2.28. The first-order valence-corrected chi connectivity index (χ1v) is 12.1. The van der Waals surface area contributed by atoms with Crippen molar-refractivity contribution in [2.24, 2.45) is 0 Å². The van der Waals surface area contributed by atoms with Crippen molar-refractivity contribution in [2.45, 2.75) is 38.8 Å². The number of unbranched alkanes of at least 4 members (excludes halogenated alkanes) is 1. The van der Waals surface area contributed by atoms with E-state index in [4.69, 9.17) is 16.3 Å². The molecule has 2 aromatic carbocycles. The third-order valence-electron chi connectivity index (χ3n) is 5.04. The summed E-state index contributed by atoms with van der Waals surface area (Å²) in [5.74, 6) is 0.668. The normalized spacial score (nSPS) is 17.8. The van der Waals surface area contributed by atoms with Gasteiger partial charge in [-0.05, 0) is 54.8 Å². The van der Waals surface area contributed by atoms with Gasteiger partial charge in [0.15, 0.2) is 9.84 Å². The van der Waals surface area contributed by atoms with E-state index in [0.717, 1.165) is 24.2 Å². The molecule has 1 aliphatic heterocycles. The van der Waals surface area contributed by atoms with E-state index >= 15 is 0 Å². The maximum atomic E-state index is 13.3. The van der Waals surface area contributed by atoms with E-state index in [-0.39, 0.29) is 23.5 Å². The Morgan fingerprint density at radius 3 is 2.41 bits per heavy atom. The highest BCUT2D eigenvalue weighted by molar-refractivity contribution is 7.91. The van der Waals surface area contributed by atoms with Crippen molar-refractivity contribution >= 4 is 27.3 Å². The third kappa shape index (κ3) is 5.97. The Hall–Kier alpha value is -2.05. The molecule has 7 heteroatoms. The lowest BCUT2D eigenvalue weighted by Crippen LogP contribution is -2.40. The summed E-state index contributed by atoms with van der Waals surface area (Å²) in [4.78, 5) is 14.9. The minimum Gasteiger partial charge on any atom is -0.494 e. The summed E-state index contributed by atoms with van der Waals surface area (Å²) in [6.45, 7) is 3.08. The van der Waals surface area contributed by atoms with Crippen LogP contribution in [0.15, 0.2) is 48.5 Å². The van der Waals surface area contributed by atoms with Gasteiger partial charge in [-0.1, -0.05) is 37.1 Å². The number of nitrogens with zero attached hydrogens (tertiary/aromatic N) is 1. The molecule has 29 heavy (non-hydrogen) atoms. The van der Waals surface area contributed by atoms with Crippen molar-refractivity contribution in [2.75, 3.05) is 18.1 Å². The summed E-state index contributed by atoms with van der Waals surface area (Å²) < 4.78 is 29.7. The van der Waals surface area contributed by atoms with Crippen LogP contribution in [-0.4, -0.2) is 43.4 Å². The van der Waals surface area contributed by atoms with E-state index in [0.29, 0.717) is 30.2 Å². The summed E-state index contributed by atoms with van der Waals surface area (Å²) in [6, 6.07) is 14.0. The van der Waals surface area contributed by atoms with Gasteiger partial charge in [-0.15, -0.1) is 0 Å². The van der Waals surface area contributed by atoms with Crippen molar-refractivity contribution in [3.8, 4) is 5.75 Å². The molecule has 156 valence electrons. The molecule has 1 fully saturated rings. The molecular formula is C22H26ClNO4S. The maximum Gasteiger partial charge on any atom is 0.254 e. The Morgan fingerprint density at radius 2 is 1.83 bits per heavy atom. The van der Waals surface area contributed by atoms with Gasteiger partial charge in [-0.3, -0.25) is 4.79 Å². The molecule has 2 aromatic rings. The van der Waals surface area contributed by atoms with Crippen molar-refractivity contribution in [1.29, 1.82) is 0 Å². The van der Waals surface area contributed by atoms with Crippen LogP contribution < -0.4 is 4.74 Å². The molecule has 1 heterocycles. The molecule has 0 N–H and O–H groups in total. The zero-order chi connectivity index (χ0) is 20.9. The molecule has 0 unspecified atom stereocenters. The highest BCUT2D eigenvalue weighted by atomic mass is 35.5. The Morgan fingerprint density at radius 1 is 1.14 bits per heavy atom. The summed E-state index contributed by atoms with van der Waals surface area (Å²) in [5, 5.41) is 0.619. The van der Waals surface area contributed by atoms with Gasteiger partial charge in [0.05, 0.1) is 18.1 Å². The van der Waals surface area contributed by atoms with Crippen LogP contribution in [0.2, 0.25) is 5.02 Å². The van der Waals surface area contributed by atoms with Crippen LogP contribution in [-0.2, 0) is 16.4 Å². The van der Waals surface area contributed by atoms with Gasteiger partial charge >= 0.3 is 0 Å². The van der Waals surface area contributed by atoms with E-state index in [1.807, 2.05) is 12.1 Å². The van der Waals surface area contributed by atoms with Crippen LogP contribution in [0, 0.1) is 0 Å². The largest absolute Gasteiger partial charge is 0.494 e. The van der Waals surface area contributed by atoms with Gasteiger partial charge in [0.25, 0.3) is 5.91 Å². The molecule has 0 spiro atoms.